The molecule has 0 bridgehead atoms. The van der Waals surface area contributed by atoms with E-state index in [1.807, 2.05) is 29.2 Å². The van der Waals surface area contributed by atoms with E-state index in [2.05, 4.69) is 22.6 Å². The van der Waals surface area contributed by atoms with Gasteiger partial charge in [0.05, 0.1) is 6.04 Å². The SMILES string of the molecule is CN1CC2(CCNCC2)C[C@@H]1C(=O)NCc1ccc(N2CCCC2=O)cc1. The van der Waals surface area contributed by atoms with Gasteiger partial charge in [0.2, 0.25) is 11.8 Å². The van der Waals surface area contributed by atoms with Gasteiger partial charge in [0.15, 0.2) is 0 Å². The van der Waals surface area contributed by atoms with Crippen LogP contribution in [0.2, 0.25) is 0 Å². The fourth-order valence-corrected chi connectivity index (χ4v) is 4.90. The quantitative estimate of drug-likeness (QED) is 0.843. The lowest BCUT2D eigenvalue weighted by Gasteiger charge is -2.33. The molecule has 0 aromatic heterocycles. The molecule has 6 nitrogen and oxygen atoms in total. The number of hydrogen-bond acceptors (Lipinski definition) is 4. The molecule has 3 aliphatic rings. The lowest BCUT2D eigenvalue weighted by atomic mass is 9.77. The Morgan fingerprint density at radius 1 is 1.26 bits per heavy atom. The van der Waals surface area contributed by atoms with Crippen LogP contribution < -0.4 is 15.5 Å². The minimum absolute atomic E-state index is 0.0235. The number of likely N-dealkylation sites (tertiary alicyclic amines) is 1. The number of nitrogens with one attached hydrogen (secondary N) is 2. The summed E-state index contributed by atoms with van der Waals surface area (Å²) in [6.45, 7) is 4.49. The molecule has 3 fully saturated rings. The van der Waals surface area contributed by atoms with E-state index in [9.17, 15) is 9.59 Å². The van der Waals surface area contributed by atoms with Gasteiger partial charge in [-0.1, -0.05) is 12.1 Å². The van der Waals surface area contributed by atoms with Crippen LogP contribution in [0.5, 0.6) is 0 Å². The van der Waals surface area contributed by atoms with E-state index in [-0.39, 0.29) is 17.9 Å². The van der Waals surface area contributed by atoms with E-state index in [1.54, 1.807) is 0 Å². The average Bonchev–Trinajstić information content (AvgIpc) is 3.24. The van der Waals surface area contributed by atoms with E-state index in [4.69, 9.17) is 0 Å². The summed E-state index contributed by atoms with van der Waals surface area (Å²) < 4.78 is 0. The Kier molecular flexibility index (Phi) is 5.19. The van der Waals surface area contributed by atoms with Crippen LogP contribution in [0.25, 0.3) is 0 Å². The first kappa shape index (κ1) is 18.4. The van der Waals surface area contributed by atoms with Crippen LogP contribution in [0, 0.1) is 5.41 Å². The number of benzene rings is 1. The van der Waals surface area contributed by atoms with E-state index >= 15 is 0 Å². The minimum Gasteiger partial charge on any atom is -0.351 e. The highest BCUT2D eigenvalue weighted by Crippen LogP contribution is 2.41. The molecule has 3 aliphatic heterocycles. The first-order valence-corrected chi connectivity index (χ1v) is 10.1. The zero-order valence-corrected chi connectivity index (χ0v) is 16.2. The van der Waals surface area contributed by atoms with Gasteiger partial charge in [0, 0.05) is 31.7 Å². The second-order valence-corrected chi connectivity index (χ2v) is 8.42. The van der Waals surface area contributed by atoms with Crippen molar-refractivity contribution in [1.82, 2.24) is 15.5 Å². The number of carbonyl (C=O) groups is 2. The molecule has 1 aromatic carbocycles. The highest BCUT2D eigenvalue weighted by molar-refractivity contribution is 5.95. The molecule has 0 saturated carbocycles. The summed E-state index contributed by atoms with van der Waals surface area (Å²) in [5.41, 5.74) is 2.33. The molecule has 146 valence electrons. The largest absolute Gasteiger partial charge is 0.351 e. The zero-order chi connectivity index (χ0) is 18.9. The molecule has 0 radical (unpaired) electrons. The van der Waals surface area contributed by atoms with Crippen LogP contribution in [0.15, 0.2) is 24.3 Å². The van der Waals surface area contributed by atoms with Gasteiger partial charge < -0.3 is 15.5 Å². The molecule has 3 saturated heterocycles. The normalized spacial score (nSPS) is 25.3. The van der Waals surface area contributed by atoms with Gasteiger partial charge in [-0.05, 0) is 68.9 Å². The smallest absolute Gasteiger partial charge is 0.237 e. The Labute approximate surface area is 161 Å². The molecule has 0 aliphatic carbocycles. The van der Waals surface area contributed by atoms with Crippen molar-refractivity contribution < 1.29 is 9.59 Å². The van der Waals surface area contributed by atoms with Crippen LogP contribution in [0.4, 0.5) is 5.69 Å². The second-order valence-electron chi connectivity index (χ2n) is 8.42. The first-order chi connectivity index (χ1) is 13.1. The van der Waals surface area contributed by atoms with Gasteiger partial charge in [-0.3, -0.25) is 14.5 Å². The number of anilines is 1. The summed E-state index contributed by atoms with van der Waals surface area (Å²) in [4.78, 5) is 28.7. The van der Waals surface area contributed by atoms with Gasteiger partial charge in [0.1, 0.15) is 0 Å². The van der Waals surface area contributed by atoms with Crippen LogP contribution >= 0.6 is 0 Å². The molecule has 6 heteroatoms. The molecule has 4 rings (SSSR count). The number of carbonyl (C=O) groups excluding carboxylic acids is 2. The maximum Gasteiger partial charge on any atom is 0.237 e. The summed E-state index contributed by atoms with van der Waals surface area (Å²) in [5.74, 6) is 0.332. The molecular weight excluding hydrogens is 340 g/mol. The third-order valence-electron chi connectivity index (χ3n) is 6.50. The molecule has 1 aromatic rings. The van der Waals surface area contributed by atoms with E-state index in [0.717, 1.165) is 63.1 Å². The Morgan fingerprint density at radius 2 is 2.00 bits per heavy atom. The van der Waals surface area contributed by atoms with Gasteiger partial charge in [-0.25, -0.2) is 0 Å². The van der Waals surface area contributed by atoms with E-state index in [1.165, 1.54) is 0 Å². The lowest BCUT2D eigenvalue weighted by Crippen LogP contribution is -2.41. The standard InChI is InChI=1S/C21H30N4O2/c1-24-15-21(8-10-22-11-9-21)13-18(24)20(27)23-14-16-4-6-17(7-5-16)25-12-2-3-19(25)26/h4-7,18,22H,2-3,8-15H2,1H3,(H,23,27)/t18-/m1/s1. The predicted molar refractivity (Wildman–Crippen MR) is 105 cm³/mol. The Morgan fingerprint density at radius 3 is 2.67 bits per heavy atom. The number of amides is 2. The molecule has 3 heterocycles. The van der Waals surface area contributed by atoms with Gasteiger partial charge >= 0.3 is 0 Å². The summed E-state index contributed by atoms with van der Waals surface area (Å²) in [6, 6.07) is 7.96. The zero-order valence-electron chi connectivity index (χ0n) is 16.2. The molecular formula is C21H30N4O2. The maximum absolute atomic E-state index is 12.8. The Bertz CT molecular complexity index is 697. The number of piperidine rings is 1. The van der Waals surface area contributed by atoms with Crippen molar-refractivity contribution in [3.63, 3.8) is 0 Å². The van der Waals surface area contributed by atoms with E-state index < -0.39 is 0 Å². The number of rotatable bonds is 4. The van der Waals surface area contributed by atoms with Crippen molar-refractivity contribution in [2.24, 2.45) is 5.41 Å². The van der Waals surface area contributed by atoms with Crippen LogP contribution in [0.3, 0.4) is 0 Å². The molecule has 27 heavy (non-hydrogen) atoms. The van der Waals surface area contributed by atoms with E-state index in [0.29, 0.717) is 18.4 Å². The third-order valence-corrected chi connectivity index (χ3v) is 6.50. The Balaban J connectivity index is 1.32. The van der Waals surface area contributed by atoms with Gasteiger partial charge in [-0.15, -0.1) is 0 Å². The fraction of sp³-hybridized carbons (Fsp3) is 0.619. The van der Waals surface area contributed by atoms with Crippen molar-refractivity contribution in [3.05, 3.63) is 29.8 Å². The summed E-state index contributed by atoms with van der Waals surface area (Å²) in [6.07, 6.45) is 4.87. The molecule has 1 atom stereocenters. The maximum atomic E-state index is 12.8. The minimum atomic E-state index is -0.0235. The average molecular weight is 370 g/mol. The number of nitrogens with zero attached hydrogens (tertiary/aromatic N) is 2. The van der Waals surface area contributed by atoms with Crippen molar-refractivity contribution in [3.8, 4) is 0 Å². The second kappa shape index (κ2) is 7.60. The summed E-state index contributed by atoms with van der Waals surface area (Å²) >= 11 is 0. The lowest BCUT2D eigenvalue weighted by molar-refractivity contribution is -0.125. The topological polar surface area (TPSA) is 64.7 Å². The highest BCUT2D eigenvalue weighted by atomic mass is 16.2. The molecule has 2 N–H and O–H groups in total. The van der Waals surface area contributed by atoms with Crippen LogP contribution in [-0.2, 0) is 16.1 Å². The van der Waals surface area contributed by atoms with Crippen LogP contribution in [-0.4, -0.2) is 56.0 Å². The fourth-order valence-electron chi connectivity index (χ4n) is 4.90. The summed E-state index contributed by atoms with van der Waals surface area (Å²) in [5, 5.41) is 6.54. The van der Waals surface area contributed by atoms with Gasteiger partial charge in [-0.2, -0.15) is 0 Å². The number of hydrogen-bond donors (Lipinski definition) is 2. The van der Waals surface area contributed by atoms with Crippen molar-refractivity contribution in [2.45, 2.75) is 44.7 Å². The molecule has 1 spiro atoms. The highest BCUT2D eigenvalue weighted by Gasteiger charge is 2.45. The Hall–Kier alpha value is -1.92. The van der Waals surface area contributed by atoms with Crippen LogP contribution in [0.1, 0.15) is 37.7 Å². The summed E-state index contributed by atoms with van der Waals surface area (Å²) in [7, 11) is 2.07. The van der Waals surface area contributed by atoms with Crippen molar-refractivity contribution >= 4 is 17.5 Å². The van der Waals surface area contributed by atoms with Gasteiger partial charge in [0.25, 0.3) is 0 Å². The van der Waals surface area contributed by atoms with Crippen molar-refractivity contribution in [2.75, 3.05) is 38.1 Å². The molecule has 0 unspecified atom stereocenters. The monoisotopic (exact) mass is 370 g/mol. The molecule has 2 amide bonds. The van der Waals surface area contributed by atoms with Crippen molar-refractivity contribution in [1.29, 1.82) is 0 Å². The number of likely N-dealkylation sites (N-methyl/N-ethyl adjacent to an activating group) is 1. The third kappa shape index (κ3) is 3.87. The first-order valence-electron chi connectivity index (χ1n) is 10.1. The predicted octanol–water partition coefficient (Wildman–Crippen LogP) is 1.50.